The van der Waals surface area contributed by atoms with Gasteiger partial charge in [0.1, 0.15) is 11.6 Å². The van der Waals surface area contributed by atoms with Crippen LogP contribution in [0.1, 0.15) is 37.6 Å². The van der Waals surface area contributed by atoms with E-state index in [-0.39, 0.29) is 11.3 Å². The predicted molar refractivity (Wildman–Crippen MR) is 142 cm³/mol. The largest absolute Gasteiger partial charge is 0.494 e. The minimum Gasteiger partial charge on any atom is -0.494 e. The summed E-state index contributed by atoms with van der Waals surface area (Å²) < 4.78 is 13.4. The number of nitrogens with zero attached hydrogens (tertiary/aromatic N) is 2. The Bertz CT molecular complexity index is 1290. The summed E-state index contributed by atoms with van der Waals surface area (Å²) in [6.07, 6.45) is 2.71. The van der Waals surface area contributed by atoms with E-state index in [0.29, 0.717) is 39.2 Å². The quantitative estimate of drug-likeness (QED) is 0.354. The smallest absolute Gasteiger partial charge is 0.220 e. The molecule has 1 aliphatic heterocycles. The molecule has 0 radical (unpaired) electrons. The lowest BCUT2D eigenvalue weighted by molar-refractivity contribution is -0.121. The number of rotatable bonds is 9. The van der Waals surface area contributed by atoms with E-state index in [9.17, 15) is 4.79 Å². The molecule has 0 aliphatic carbocycles. The Morgan fingerprint density at radius 3 is 2.47 bits per heavy atom. The minimum atomic E-state index is -0.129. The lowest BCUT2D eigenvalue weighted by atomic mass is 9.74. The van der Waals surface area contributed by atoms with Crippen molar-refractivity contribution >= 4 is 16.9 Å². The highest BCUT2D eigenvalue weighted by atomic mass is 16.5. The number of para-hydroxylation sites is 3. The van der Waals surface area contributed by atoms with Crippen LogP contribution in [0.4, 0.5) is 0 Å². The first-order chi connectivity index (χ1) is 17.7. The van der Waals surface area contributed by atoms with Crippen LogP contribution in [-0.2, 0) is 21.4 Å². The molecule has 6 nitrogen and oxygen atoms in total. The molecule has 0 atom stereocenters. The summed E-state index contributed by atoms with van der Waals surface area (Å²) in [4.78, 5) is 17.9. The Hall–Kier alpha value is -3.64. The Labute approximate surface area is 212 Å². The standard InChI is InChI=1S/C30H33N3O3/c1-2-36-25-14-12-23(13-15-25)30(18-20-35-21-19-30)22-31-29(34)17-16-28-32-26-10-6-7-11-27(26)33(28)24-8-4-3-5-9-24/h3-15H,2,16-22H2,1H3,(H,31,34). The Morgan fingerprint density at radius 2 is 1.72 bits per heavy atom. The van der Waals surface area contributed by atoms with Gasteiger partial charge in [-0.15, -0.1) is 0 Å². The van der Waals surface area contributed by atoms with Gasteiger partial charge in [-0.1, -0.05) is 42.5 Å². The van der Waals surface area contributed by atoms with Crippen LogP contribution in [0.25, 0.3) is 16.7 Å². The van der Waals surface area contributed by atoms with Crippen molar-refractivity contribution in [3.8, 4) is 11.4 Å². The third kappa shape index (κ3) is 5.14. The van der Waals surface area contributed by atoms with Crippen LogP contribution in [0.3, 0.4) is 0 Å². The van der Waals surface area contributed by atoms with Crippen molar-refractivity contribution in [1.82, 2.24) is 14.9 Å². The topological polar surface area (TPSA) is 65.4 Å². The molecule has 1 aliphatic rings. The van der Waals surface area contributed by atoms with Gasteiger partial charge in [-0.25, -0.2) is 4.98 Å². The van der Waals surface area contributed by atoms with Crippen molar-refractivity contribution in [2.24, 2.45) is 0 Å². The number of aryl methyl sites for hydroxylation is 1. The fraction of sp³-hybridized carbons (Fsp3) is 0.333. The lowest BCUT2D eigenvalue weighted by Gasteiger charge is -2.38. The van der Waals surface area contributed by atoms with Crippen LogP contribution in [0, 0.1) is 0 Å². The van der Waals surface area contributed by atoms with Crippen molar-refractivity contribution in [2.45, 2.75) is 38.0 Å². The predicted octanol–water partition coefficient (Wildman–Crippen LogP) is 5.22. The number of hydrogen-bond donors (Lipinski definition) is 1. The summed E-state index contributed by atoms with van der Waals surface area (Å²) in [5.74, 6) is 1.80. The molecular weight excluding hydrogens is 450 g/mol. The fourth-order valence-electron chi connectivity index (χ4n) is 5.09. The molecule has 0 bridgehead atoms. The van der Waals surface area contributed by atoms with Crippen molar-refractivity contribution in [3.63, 3.8) is 0 Å². The molecule has 1 amide bonds. The molecule has 2 heterocycles. The normalized spacial score (nSPS) is 15.0. The van der Waals surface area contributed by atoms with Gasteiger partial charge in [-0.05, 0) is 61.7 Å². The molecule has 0 saturated carbocycles. The zero-order chi connectivity index (χ0) is 24.8. The van der Waals surface area contributed by atoms with Gasteiger partial charge >= 0.3 is 0 Å². The molecule has 3 aromatic carbocycles. The molecule has 0 unspecified atom stereocenters. The zero-order valence-electron chi connectivity index (χ0n) is 20.8. The van der Waals surface area contributed by atoms with Gasteiger partial charge in [0.25, 0.3) is 0 Å². The summed E-state index contributed by atoms with van der Waals surface area (Å²) in [6, 6.07) is 26.6. The molecule has 1 N–H and O–H groups in total. The number of carbonyl (C=O) groups is 1. The highest BCUT2D eigenvalue weighted by molar-refractivity contribution is 5.79. The van der Waals surface area contributed by atoms with Gasteiger partial charge in [0.2, 0.25) is 5.91 Å². The van der Waals surface area contributed by atoms with E-state index in [2.05, 4.69) is 40.2 Å². The summed E-state index contributed by atoms with van der Waals surface area (Å²) in [6.45, 7) is 4.62. The maximum atomic E-state index is 13.0. The summed E-state index contributed by atoms with van der Waals surface area (Å²) in [5, 5.41) is 3.23. The average Bonchev–Trinajstić information content (AvgIpc) is 3.31. The van der Waals surface area contributed by atoms with E-state index in [1.54, 1.807) is 0 Å². The lowest BCUT2D eigenvalue weighted by Crippen LogP contribution is -2.44. The summed E-state index contributed by atoms with van der Waals surface area (Å²) in [7, 11) is 0. The first-order valence-corrected chi connectivity index (χ1v) is 12.8. The summed E-state index contributed by atoms with van der Waals surface area (Å²) in [5.41, 5.74) is 4.14. The Morgan fingerprint density at radius 1 is 1.00 bits per heavy atom. The second-order valence-corrected chi connectivity index (χ2v) is 9.31. The first kappa shape index (κ1) is 24.1. The van der Waals surface area contributed by atoms with E-state index in [1.165, 1.54) is 5.56 Å². The number of nitrogens with one attached hydrogen (secondary N) is 1. The minimum absolute atomic E-state index is 0.0403. The van der Waals surface area contributed by atoms with Gasteiger partial charge in [-0.3, -0.25) is 9.36 Å². The Balaban J connectivity index is 1.29. The first-order valence-electron chi connectivity index (χ1n) is 12.8. The third-order valence-corrected chi connectivity index (χ3v) is 7.07. The van der Waals surface area contributed by atoms with Crippen LogP contribution in [-0.4, -0.2) is 41.8 Å². The third-order valence-electron chi connectivity index (χ3n) is 7.07. The van der Waals surface area contributed by atoms with Crippen LogP contribution >= 0.6 is 0 Å². The number of aromatic nitrogens is 2. The van der Waals surface area contributed by atoms with Gasteiger partial charge in [0.05, 0.1) is 17.6 Å². The highest BCUT2D eigenvalue weighted by Gasteiger charge is 2.35. The van der Waals surface area contributed by atoms with Crippen molar-refractivity contribution in [2.75, 3.05) is 26.4 Å². The SMILES string of the molecule is CCOc1ccc(C2(CNC(=O)CCc3nc4ccccc4n3-c3ccccc3)CCOCC2)cc1. The van der Waals surface area contributed by atoms with Crippen LogP contribution in [0.15, 0.2) is 78.9 Å². The second kappa shape index (κ2) is 11.0. The maximum Gasteiger partial charge on any atom is 0.220 e. The number of hydrogen-bond acceptors (Lipinski definition) is 4. The number of imidazole rings is 1. The van der Waals surface area contributed by atoms with E-state index in [4.69, 9.17) is 14.5 Å². The molecule has 1 aromatic heterocycles. The van der Waals surface area contributed by atoms with Gasteiger partial charge < -0.3 is 14.8 Å². The molecule has 1 fully saturated rings. The highest BCUT2D eigenvalue weighted by Crippen LogP contribution is 2.35. The molecule has 0 spiro atoms. The molecule has 1 saturated heterocycles. The average molecular weight is 484 g/mol. The molecule has 5 rings (SSSR count). The molecule has 36 heavy (non-hydrogen) atoms. The van der Waals surface area contributed by atoms with E-state index in [0.717, 1.165) is 41.1 Å². The molecular formula is C30H33N3O3. The van der Waals surface area contributed by atoms with E-state index < -0.39 is 0 Å². The molecule has 6 heteroatoms. The Kier molecular flexibility index (Phi) is 7.33. The summed E-state index contributed by atoms with van der Waals surface area (Å²) >= 11 is 0. The van der Waals surface area contributed by atoms with Gasteiger partial charge in [-0.2, -0.15) is 0 Å². The van der Waals surface area contributed by atoms with E-state index >= 15 is 0 Å². The van der Waals surface area contributed by atoms with Gasteiger partial charge in [0.15, 0.2) is 0 Å². The molecule has 4 aromatic rings. The number of ether oxygens (including phenoxy) is 2. The van der Waals surface area contributed by atoms with Crippen molar-refractivity contribution in [1.29, 1.82) is 0 Å². The van der Waals surface area contributed by atoms with Crippen LogP contribution in [0.5, 0.6) is 5.75 Å². The number of fused-ring (bicyclic) bond motifs is 1. The number of benzene rings is 3. The fourth-order valence-corrected chi connectivity index (χ4v) is 5.09. The van der Waals surface area contributed by atoms with Crippen molar-refractivity contribution < 1.29 is 14.3 Å². The van der Waals surface area contributed by atoms with Crippen molar-refractivity contribution in [3.05, 3.63) is 90.3 Å². The molecule has 186 valence electrons. The monoisotopic (exact) mass is 483 g/mol. The number of carbonyl (C=O) groups excluding carboxylic acids is 1. The number of amides is 1. The van der Waals surface area contributed by atoms with Crippen LogP contribution in [0.2, 0.25) is 0 Å². The van der Waals surface area contributed by atoms with Crippen LogP contribution < -0.4 is 10.1 Å². The zero-order valence-corrected chi connectivity index (χ0v) is 20.8. The van der Waals surface area contributed by atoms with E-state index in [1.807, 2.05) is 55.5 Å². The second-order valence-electron chi connectivity index (χ2n) is 9.31. The maximum absolute atomic E-state index is 13.0. The van der Waals surface area contributed by atoms with Gasteiger partial charge in [0, 0.05) is 43.7 Å².